The quantitative estimate of drug-likeness (QED) is 0.752. The second-order valence-corrected chi connectivity index (χ2v) is 5.37. The van der Waals surface area contributed by atoms with Crippen molar-refractivity contribution < 1.29 is 28.9 Å². The van der Waals surface area contributed by atoms with Gasteiger partial charge in [-0.05, 0) is 36.8 Å². The Bertz CT molecular complexity index is 785. The van der Waals surface area contributed by atoms with Gasteiger partial charge in [-0.3, -0.25) is 4.79 Å². The average Bonchev–Trinajstić information content (AvgIpc) is 2.62. The lowest BCUT2D eigenvalue weighted by Gasteiger charge is -2.15. The minimum absolute atomic E-state index is 0.0148. The van der Waals surface area contributed by atoms with Crippen molar-refractivity contribution in [3.63, 3.8) is 0 Å². The summed E-state index contributed by atoms with van der Waals surface area (Å²) in [4.78, 5) is 23.6. The number of carbonyl (C=O) groups excluding carboxylic acids is 1. The van der Waals surface area contributed by atoms with Crippen molar-refractivity contribution in [1.29, 1.82) is 0 Å². The molecular weight excluding hydrogens is 338 g/mol. The molecule has 138 valence electrons. The highest BCUT2D eigenvalue weighted by Gasteiger charge is 2.17. The molecule has 2 aromatic rings. The molecule has 0 fully saturated rings. The Morgan fingerprint density at radius 1 is 1.08 bits per heavy atom. The fourth-order valence-electron chi connectivity index (χ4n) is 2.43. The largest absolute Gasteiger partial charge is 0.494 e. The summed E-state index contributed by atoms with van der Waals surface area (Å²) in [6, 6.07) is 9.86. The number of hydrogen-bond donors (Lipinski definition) is 2. The van der Waals surface area contributed by atoms with E-state index >= 15 is 0 Å². The van der Waals surface area contributed by atoms with Crippen molar-refractivity contribution in [2.45, 2.75) is 13.3 Å². The Morgan fingerprint density at radius 3 is 2.31 bits per heavy atom. The van der Waals surface area contributed by atoms with Crippen LogP contribution in [0.5, 0.6) is 17.2 Å². The second kappa shape index (κ2) is 8.75. The third kappa shape index (κ3) is 4.66. The Kier molecular flexibility index (Phi) is 6.43. The van der Waals surface area contributed by atoms with Gasteiger partial charge in [-0.15, -0.1) is 0 Å². The topological polar surface area (TPSA) is 94.1 Å². The Balaban J connectivity index is 2.19. The standard InChI is InChI=1S/C19H21NO6/c1-4-26-14-7-5-12(6-8-14)9-17(21)20-15-10-13(19(22)23)11-16(24-2)18(15)25-3/h5-8,10-11H,4,9H2,1-3H3,(H,20,21)(H,22,23). The Labute approximate surface area is 151 Å². The molecule has 2 aromatic carbocycles. The van der Waals surface area contributed by atoms with Gasteiger partial charge in [0.25, 0.3) is 0 Å². The molecule has 0 saturated carbocycles. The first-order chi connectivity index (χ1) is 12.5. The number of nitrogens with one attached hydrogen (secondary N) is 1. The molecule has 7 nitrogen and oxygen atoms in total. The third-order valence-corrected chi connectivity index (χ3v) is 3.60. The number of ether oxygens (including phenoxy) is 3. The second-order valence-electron chi connectivity index (χ2n) is 5.37. The average molecular weight is 359 g/mol. The summed E-state index contributed by atoms with van der Waals surface area (Å²) < 4.78 is 15.8. The van der Waals surface area contributed by atoms with E-state index in [1.807, 2.05) is 6.92 Å². The maximum absolute atomic E-state index is 12.4. The molecule has 1 amide bonds. The maximum Gasteiger partial charge on any atom is 0.335 e. The molecule has 2 N–H and O–H groups in total. The SMILES string of the molecule is CCOc1ccc(CC(=O)Nc2cc(C(=O)O)cc(OC)c2OC)cc1. The molecule has 0 saturated heterocycles. The predicted octanol–water partition coefficient (Wildman–Crippen LogP) is 2.98. The number of amides is 1. The smallest absolute Gasteiger partial charge is 0.335 e. The number of benzene rings is 2. The van der Waals surface area contributed by atoms with Gasteiger partial charge in [0.05, 0.1) is 38.5 Å². The first-order valence-electron chi connectivity index (χ1n) is 7.99. The molecule has 0 aliphatic rings. The lowest BCUT2D eigenvalue weighted by molar-refractivity contribution is -0.115. The number of carboxylic acid groups (broad SMARTS) is 1. The number of carboxylic acids is 1. The molecule has 0 spiro atoms. The number of rotatable bonds is 8. The van der Waals surface area contributed by atoms with Crippen LogP contribution < -0.4 is 19.5 Å². The highest BCUT2D eigenvalue weighted by atomic mass is 16.5. The number of anilines is 1. The monoisotopic (exact) mass is 359 g/mol. The van der Waals surface area contributed by atoms with E-state index < -0.39 is 5.97 Å². The van der Waals surface area contributed by atoms with E-state index in [1.54, 1.807) is 24.3 Å². The summed E-state index contributed by atoms with van der Waals surface area (Å²) in [5.74, 6) is -0.219. The van der Waals surface area contributed by atoms with Crippen molar-refractivity contribution in [2.75, 3.05) is 26.1 Å². The van der Waals surface area contributed by atoms with Crippen LogP contribution in [0.15, 0.2) is 36.4 Å². The molecule has 0 heterocycles. The molecule has 0 aromatic heterocycles. The van der Waals surface area contributed by atoms with E-state index in [0.717, 1.165) is 11.3 Å². The Morgan fingerprint density at radius 2 is 1.77 bits per heavy atom. The van der Waals surface area contributed by atoms with Gasteiger partial charge in [-0.25, -0.2) is 4.79 Å². The molecule has 2 rings (SSSR count). The van der Waals surface area contributed by atoms with Crippen LogP contribution in [0, 0.1) is 0 Å². The fraction of sp³-hybridized carbons (Fsp3) is 0.263. The zero-order valence-electron chi connectivity index (χ0n) is 14.9. The van der Waals surface area contributed by atoms with Gasteiger partial charge >= 0.3 is 5.97 Å². The van der Waals surface area contributed by atoms with Crippen LogP contribution in [0.1, 0.15) is 22.8 Å². The first kappa shape index (κ1) is 19.1. The van der Waals surface area contributed by atoms with Crippen LogP contribution in [0.3, 0.4) is 0 Å². The van der Waals surface area contributed by atoms with Gasteiger partial charge in [-0.1, -0.05) is 12.1 Å². The van der Waals surface area contributed by atoms with E-state index in [-0.39, 0.29) is 35.1 Å². The zero-order chi connectivity index (χ0) is 19.1. The molecule has 0 bridgehead atoms. The summed E-state index contributed by atoms with van der Waals surface area (Å²) in [5, 5.41) is 11.9. The van der Waals surface area contributed by atoms with Crippen LogP contribution >= 0.6 is 0 Å². The molecule has 0 radical (unpaired) electrons. The number of aromatic carboxylic acids is 1. The Hall–Kier alpha value is -3.22. The van der Waals surface area contributed by atoms with Crippen LogP contribution in [0.4, 0.5) is 5.69 Å². The number of hydrogen-bond acceptors (Lipinski definition) is 5. The summed E-state index contributed by atoms with van der Waals surface area (Å²) >= 11 is 0. The van der Waals surface area contributed by atoms with Gasteiger partial charge < -0.3 is 24.6 Å². The normalized spacial score (nSPS) is 10.1. The molecular formula is C19H21NO6. The molecule has 0 atom stereocenters. The molecule has 26 heavy (non-hydrogen) atoms. The lowest BCUT2D eigenvalue weighted by Crippen LogP contribution is -2.16. The van der Waals surface area contributed by atoms with Crippen molar-refractivity contribution in [1.82, 2.24) is 0 Å². The van der Waals surface area contributed by atoms with Gasteiger partial charge in [-0.2, -0.15) is 0 Å². The van der Waals surface area contributed by atoms with E-state index in [1.165, 1.54) is 26.4 Å². The summed E-state index contributed by atoms with van der Waals surface area (Å²) in [6.07, 6.45) is 0.120. The predicted molar refractivity (Wildman–Crippen MR) is 96.5 cm³/mol. The van der Waals surface area contributed by atoms with Gasteiger partial charge in [0.15, 0.2) is 11.5 Å². The van der Waals surface area contributed by atoms with E-state index in [9.17, 15) is 14.7 Å². The fourth-order valence-corrected chi connectivity index (χ4v) is 2.43. The molecule has 0 aliphatic carbocycles. The molecule has 7 heteroatoms. The van der Waals surface area contributed by atoms with E-state index in [2.05, 4.69) is 5.32 Å². The summed E-state index contributed by atoms with van der Waals surface area (Å²) in [6.45, 7) is 2.47. The minimum Gasteiger partial charge on any atom is -0.494 e. The van der Waals surface area contributed by atoms with Crippen molar-refractivity contribution in [2.24, 2.45) is 0 Å². The highest BCUT2D eigenvalue weighted by Crippen LogP contribution is 2.36. The highest BCUT2D eigenvalue weighted by molar-refractivity contribution is 5.97. The number of carbonyl (C=O) groups is 2. The zero-order valence-corrected chi connectivity index (χ0v) is 14.9. The molecule has 0 unspecified atom stereocenters. The van der Waals surface area contributed by atoms with Crippen LogP contribution in [-0.2, 0) is 11.2 Å². The van der Waals surface area contributed by atoms with Gasteiger partial charge in [0.1, 0.15) is 5.75 Å². The van der Waals surface area contributed by atoms with Crippen molar-refractivity contribution >= 4 is 17.6 Å². The van der Waals surface area contributed by atoms with E-state index in [4.69, 9.17) is 14.2 Å². The molecule has 0 aliphatic heterocycles. The van der Waals surface area contributed by atoms with Crippen LogP contribution in [-0.4, -0.2) is 37.8 Å². The summed E-state index contributed by atoms with van der Waals surface area (Å²) in [7, 11) is 2.81. The van der Waals surface area contributed by atoms with E-state index in [0.29, 0.717) is 6.61 Å². The maximum atomic E-state index is 12.4. The van der Waals surface area contributed by atoms with Crippen molar-refractivity contribution in [3.05, 3.63) is 47.5 Å². The van der Waals surface area contributed by atoms with Gasteiger partial charge in [0, 0.05) is 0 Å². The first-order valence-corrected chi connectivity index (χ1v) is 7.99. The van der Waals surface area contributed by atoms with Gasteiger partial charge in [0.2, 0.25) is 5.91 Å². The van der Waals surface area contributed by atoms with Crippen LogP contribution in [0.2, 0.25) is 0 Å². The number of methoxy groups -OCH3 is 2. The minimum atomic E-state index is -1.13. The summed E-state index contributed by atoms with van der Waals surface area (Å²) in [5.41, 5.74) is 1.02. The lowest BCUT2D eigenvalue weighted by atomic mass is 10.1. The third-order valence-electron chi connectivity index (χ3n) is 3.60. The van der Waals surface area contributed by atoms with Crippen molar-refractivity contribution in [3.8, 4) is 17.2 Å². The van der Waals surface area contributed by atoms with Crippen LogP contribution in [0.25, 0.3) is 0 Å².